The van der Waals surface area contributed by atoms with Gasteiger partial charge in [0, 0.05) is 30.3 Å². The van der Waals surface area contributed by atoms with E-state index in [-0.39, 0.29) is 24.2 Å². The second-order valence-corrected chi connectivity index (χ2v) is 7.53. The lowest BCUT2D eigenvalue weighted by molar-refractivity contribution is -0.151. The predicted octanol–water partition coefficient (Wildman–Crippen LogP) is 2.55. The molecular weight excluding hydrogens is 360 g/mol. The minimum atomic E-state index is -0.506. The maximum atomic E-state index is 12.3. The van der Waals surface area contributed by atoms with Gasteiger partial charge in [0.1, 0.15) is 0 Å². The molecule has 1 N–H and O–H groups in total. The Morgan fingerprint density at radius 3 is 2.43 bits per heavy atom. The predicted molar refractivity (Wildman–Crippen MR) is 103 cm³/mol. The Morgan fingerprint density at radius 2 is 1.79 bits per heavy atom. The number of hydrogen-bond donors (Lipinski definition) is 1. The number of carbonyl (C=O) groups excluding carboxylic acids is 4. The van der Waals surface area contributed by atoms with Crippen LogP contribution in [0.15, 0.2) is 24.3 Å². The molecular formula is C21H26N2O5. The topological polar surface area (TPSA) is 92.8 Å². The molecule has 150 valence electrons. The van der Waals surface area contributed by atoms with Crippen molar-refractivity contribution >= 4 is 29.3 Å². The summed E-state index contributed by atoms with van der Waals surface area (Å²) in [5.41, 5.74) is 1.07. The lowest BCUT2D eigenvalue weighted by Crippen LogP contribution is -2.38. The minimum Gasteiger partial charge on any atom is -0.455 e. The summed E-state index contributed by atoms with van der Waals surface area (Å²) in [7, 11) is 0. The largest absolute Gasteiger partial charge is 0.455 e. The molecule has 1 aliphatic carbocycles. The van der Waals surface area contributed by atoms with Gasteiger partial charge in [-0.05, 0) is 44.0 Å². The van der Waals surface area contributed by atoms with Gasteiger partial charge in [0.15, 0.2) is 12.4 Å². The van der Waals surface area contributed by atoms with Crippen LogP contribution in [0.4, 0.5) is 5.69 Å². The van der Waals surface area contributed by atoms with Crippen LogP contribution in [0.3, 0.4) is 0 Å². The van der Waals surface area contributed by atoms with Crippen molar-refractivity contribution in [3.05, 3.63) is 29.8 Å². The van der Waals surface area contributed by atoms with Gasteiger partial charge in [0.25, 0.3) is 5.91 Å². The highest BCUT2D eigenvalue weighted by molar-refractivity contribution is 5.96. The van der Waals surface area contributed by atoms with Crippen LogP contribution >= 0.6 is 0 Å². The molecule has 1 saturated heterocycles. The number of benzene rings is 1. The highest BCUT2D eigenvalue weighted by atomic mass is 16.5. The van der Waals surface area contributed by atoms with Crippen LogP contribution < -0.4 is 5.32 Å². The maximum Gasteiger partial charge on any atom is 0.311 e. The van der Waals surface area contributed by atoms with Crippen molar-refractivity contribution in [3.63, 3.8) is 0 Å². The molecule has 1 aromatic rings. The molecule has 7 heteroatoms. The van der Waals surface area contributed by atoms with Crippen molar-refractivity contribution in [1.82, 2.24) is 4.90 Å². The van der Waals surface area contributed by atoms with Crippen LogP contribution in [0, 0.1) is 5.92 Å². The fraction of sp³-hybridized carbons (Fsp3) is 0.524. The molecule has 1 aliphatic heterocycles. The fourth-order valence-electron chi connectivity index (χ4n) is 3.87. The van der Waals surface area contributed by atoms with Crippen molar-refractivity contribution < 1.29 is 23.9 Å². The van der Waals surface area contributed by atoms with E-state index in [0.717, 1.165) is 25.7 Å². The van der Waals surface area contributed by atoms with E-state index in [0.29, 0.717) is 17.8 Å². The number of ether oxygens (including phenoxy) is 1. The third-order valence-corrected chi connectivity index (χ3v) is 5.43. The van der Waals surface area contributed by atoms with Crippen LogP contribution in [-0.4, -0.2) is 47.7 Å². The Labute approximate surface area is 164 Å². The van der Waals surface area contributed by atoms with Crippen molar-refractivity contribution in [2.24, 2.45) is 5.92 Å². The zero-order valence-corrected chi connectivity index (χ0v) is 16.1. The van der Waals surface area contributed by atoms with E-state index in [1.165, 1.54) is 13.3 Å². The maximum absolute atomic E-state index is 12.3. The molecule has 0 spiro atoms. The molecule has 1 aromatic carbocycles. The molecule has 28 heavy (non-hydrogen) atoms. The fourth-order valence-corrected chi connectivity index (χ4v) is 3.87. The summed E-state index contributed by atoms with van der Waals surface area (Å²) in [6, 6.07) is 6.71. The second kappa shape index (κ2) is 8.99. The van der Waals surface area contributed by atoms with Gasteiger partial charge >= 0.3 is 5.97 Å². The number of Topliss-reactive ketones (excluding diaryl/α,β-unsaturated/α-hetero) is 1. The molecule has 2 fully saturated rings. The third-order valence-electron chi connectivity index (χ3n) is 5.43. The summed E-state index contributed by atoms with van der Waals surface area (Å²) in [4.78, 5) is 49.6. The first kappa shape index (κ1) is 20.0. The number of hydrogen-bond acceptors (Lipinski definition) is 5. The first-order chi connectivity index (χ1) is 13.4. The van der Waals surface area contributed by atoms with E-state index in [1.54, 1.807) is 24.3 Å². The average Bonchev–Trinajstić information content (AvgIpc) is 3.09. The Hall–Kier alpha value is -2.70. The summed E-state index contributed by atoms with van der Waals surface area (Å²) in [6.45, 7) is 1.45. The summed E-state index contributed by atoms with van der Waals surface area (Å²) in [5.74, 6) is -1.52. The molecule has 7 nitrogen and oxygen atoms in total. The Kier molecular flexibility index (Phi) is 6.44. The van der Waals surface area contributed by atoms with E-state index in [2.05, 4.69) is 5.32 Å². The Balaban J connectivity index is 1.45. The number of esters is 1. The smallest absolute Gasteiger partial charge is 0.311 e. The third kappa shape index (κ3) is 4.97. The number of nitrogens with zero attached hydrogens (tertiary/aromatic N) is 1. The summed E-state index contributed by atoms with van der Waals surface area (Å²) >= 11 is 0. The minimum absolute atomic E-state index is 0.00358. The number of nitrogens with one attached hydrogen (secondary N) is 1. The number of ketones is 1. The number of rotatable bonds is 6. The van der Waals surface area contributed by atoms with Gasteiger partial charge in [0.05, 0.1) is 5.92 Å². The molecule has 0 aromatic heterocycles. The summed E-state index contributed by atoms with van der Waals surface area (Å²) in [6.07, 6.45) is 5.60. The number of amides is 2. The van der Waals surface area contributed by atoms with Gasteiger partial charge in [-0.15, -0.1) is 0 Å². The van der Waals surface area contributed by atoms with Crippen molar-refractivity contribution in [1.29, 1.82) is 0 Å². The van der Waals surface area contributed by atoms with Gasteiger partial charge in [-0.25, -0.2) is 0 Å². The highest BCUT2D eigenvalue weighted by Crippen LogP contribution is 2.29. The first-order valence-corrected chi connectivity index (χ1v) is 9.81. The quantitative estimate of drug-likeness (QED) is 0.599. The van der Waals surface area contributed by atoms with E-state index in [1.807, 2.05) is 4.90 Å². The highest BCUT2D eigenvalue weighted by Gasteiger charge is 2.39. The number of carbonyl (C=O) groups is 4. The standard InChI is InChI=1S/C21H26N2O5/c1-14(24)15-7-9-17(10-8-15)22-19(25)13-28-21(27)16-11-20(26)23(12-16)18-5-3-2-4-6-18/h7-10,16,18H,2-6,11-13H2,1H3,(H,22,25)/t16-/m1/s1. The van der Waals surface area contributed by atoms with Gasteiger partial charge in [-0.3, -0.25) is 19.2 Å². The van der Waals surface area contributed by atoms with Gasteiger partial charge in [-0.2, -0.15) is 0 Å². The molecule has 3 rings (SSSR count). The monoisotopic (exact) mass is 386 g/mol. The van der Waals surface area contributed by atoms with E-state index in [4.69, 9.17) is 4.74 Å². The van der Waals surface area contributed by atoms with Crippen LogP contribution in [0.25, 0.3) is 0 Å². The zero-order chi connectivity index (χ0) is 20.1. The van der Waals surface area contributed by atoms with Crippen molar-refractivity contribution in [3.8, 4) is 0 Å². The Bertz CT molecular complexity index is 753. The molecule has 0 radical (unpaired) electrons. The normalized spacial score (nSPS) is 20.1. The van der Waals surface area contributed by atoms with Gasteiger partial charge < -0.3 is 15.0 Å². The second-order valence-electron chi connectivity index (χ2n) is 7.53. The number of likely N-dealkylation sites (tertiary alicyclic amines) is 1. The van der Waals surface area contributed by atoms with Crippen molar-refractivity contribution in [2.45, 2.75) is 51.5 Å². The van der Waals surface area contributed by atoms with Crippen LogP contribution in [0.2, 0.25) is 0 Å². The zero-order valence-electron chi connectivity index (χ0n) is 16.1. The summed E-state index contributed by atoms with van der Waals surface area (Å²) in [5, 5.41) is 2.62. The van der Waals surface area contributed by atoms with Gasteiger partial charge in [0.2, 0.25) is 5.91 Å². The number of anilines is 1. The molecule has 0 bridgehead atoms. The van der Waals surface area contributed by atoms with E-state index >= 15 is 0 Å². The van der Waals surface area contributed by atoms with Gasteiger partial charge in [-0.1, -0.05) is 19.3 Å². The molecule has 1 heterocycles. The van der Waals surface area contributed by atoms with Crippen LogP contribution in [-0.2, 0) is 19.1 Å². The molecule has 1 saturated carbocycles. The van der Waals surface area contributed by atoms with E-state index < -0.39 is 24.4 Å². The van der Waals surface area contributed by atoms with Crippen molar-refractivity contribution in [2.75, 3.05) is 18.5 Å². The van der Waals surface area contributed by atoms with E-state index in [9.17, 15) is 19.2 Å². The SMILES string of the molecule is CC(=O)c1ccc(NC(=O)COC(=O)[C@@H]2CC(=O)N(C3CCCCC3)C2)cc1. The van der Waals surface area contributed by atoms with Crippen LogP contribution in [0.1, 0.15) is 55.8 Å². The average molecular weight is 386 g/mol. The lowest BCUT2D eigenvalue weighted by atomic mass is 9.94. The first-order valence-electron chi connectivity index (χ1n) is 9.81. The molecule has 1 atom stereocenters. The molecule has 2 aliphatic rings. The lowest BCUT2D eigenvalue weighted by Gasteiger charge is -2.31. The Morgan fingerprint density at radius 1 is 1.11 bits per heavy atom. The molecule has 2 amide bonds. The van der Waals surface area contributed by atoms with Crippen LogP contribution in [0.5, 0.6) is 0 Å². The summed E-state index contributed by atoms with van der Waals surface area (Å²) < 4.78 is 5.12. The molecule has 0 unspecified atom stereocenters.